The molecular weight excluding hydrogens is 536 g/mol. The number of sulfone groups is 1. The second kappa shape index (κ2) is 10.5. The van der Waals surface area contributed by atoms with Gasteiger partial charge in [0, 0.05) is 40.0 Å². The van der Waals surface area contributed by atoms with Crippen LogP contribution in [0.25, 0.3) is 22.2 Å². The van der Waals surface area contributed by atoms with Gasteiger partial charge in [0.25, 0.3) is 5.91 Å². The van der Waals surface area contributed by atoms with E-state index in [1.165, 1.54) is 43.5 Å². The van der Waals surface area contributed by atoms with E-state index in [2.05, 4.69) is 10.4 Å². The molecule has 0 atom stereocenters. The molecule has 1 N–H and O–H groups in total. The molecule has 0 aliphatic rings. The third-order valence-electron chi connectivity index (χ3n) is 6.45. The third-order valence-corrected chi connectivity index (χ3v) is 8.45. The van der Waals surface area contributed by atoms with E-state index in [0.29, 0.717) is 33.7 Å². The molecule has 0 saturated carbocycles. The number of amides is 1. The predicted octanol–water partition coefficient (Wildman–Crippen LogP) is 6.17. The molecule has 198 valence electrons. The fourth-order valence-electron chi connectivity index (χ4n) is 4.38. The number of hydrogen-bond donors (Lipinski definition) is 1. The smallest absolute Gasteiger partial charge is 0.256 e. The van der Waals surface area contributed by atoms with Crippen molar-refractivity contribution in [2.24, 2.45) is 0 Å². The molecule has 0 aliphatic carbocycles. The topological polar surface area (TPSA) is 103 Å². The fourth-order valence-corrected chi connectivity index (χ4v) is 5.83. The number of benzene rings is 3. The Hall–Kier alpha value is -4.21. The number of nitrogens with zero attached hydrogens (tertiary/aromatic N) is 3. The van der Waals surface area contributed by atoms with E-state index in [1.54, 1.807) is 18.3 Å². The van der Waals surface area contributed by atoms with E-state index in [4.69, 9.17) is 21.3 Å². The number of anilines is 1. The molecular formula is C29H25ClN4O4S. The number of para-hydroxylation sites is 1. The van der Waals surface area contributed by atoms with Crippen molar-refractivity contribution >= 4 is 43.9 Å². The zero-order valence-corrected chi connectivity index (χ0v) is 23.0. The van der Waals surface area contributed by atoms with Gasteiger partial charge in [-0.1, -0.05) is 29.8 Å². The summed E-state index contributed by atoms with van der Waals surface area (Å²) in [6.45, 7) is 4.68. The number of halogens is 1. The predicted molar refractivity (Wildman–Crippen MR) is 151 cm³/mol. The van der Waals surface area contributed by atoms with Crippen molar-refractivity contribution in [2.75, 3.05) is 12.4 Å². The molecule has 3 aromatic carbocycles. The number of nitrogens with one attached hydrogen (secondary N) is 1. The Balaban J connectivity index is 1.56. The van der Waals surface area contributed by atoms with Gasteiger partial charge in [-0.25, -0.2) is 13.4 Å². The summed E-state index contributed by atoms with van der Waals surface area (Å²) in [7, 11) is -2.47. The lowest BCUT2D eigenvalue weighted by Gasteiger charge is -2.13. The van der Waals surface area contributed by atoms with Crippen molar-refractivity contribution < 1.29 is 17.9 Å². The molecule has 8 nitrogen and oxygen atoms in total. The summed E-state index contributed by atoms with van der Waals surface area (Å²) < 4.78 is 33.9. The molecule has 0 radical (unpaired) electrons. The van der Waals surface area contributed by atoms with Gasteiger partial charge in [0.1, 0.15) is 5.75 Å². The summed E-state index contributed by atoms with van der Waals surface area (Å²) in [5.74, 6) is -0.137. The van der Waals surface area contributed by atoms with Crippen LogP contribution in [0.4, 0.5) is 5.69 Å². The first-order valence-corrected chi connectivity index (χ1v) is 14.0. The molecule has 0 aliphatic heterocycles. The van der Waals surface area contributed by atoms with Crippen LogP contribution in [0.5, 0.6) is 5.75 Å². The maximum atomic E-state index is 13.7. The lowest BCUT2D eigenvalue weighted by Crippen LogP contribution is -2.14. The van der Waals surface area contributed by atoms with E-state index in [0.717, 1.165) is 11.3 Å². The number of carbonyl (C=O) groups is 1. The lowest BCUT2D eigenvalue weighted by atomic mass is 10.0. The molecule has 39 heavy (non-hydrogen) atoms. The Bertz CT molecular complexity index is 1820. The Morgan fingerprint density at radius 2 is 1.77 bits per heavy atom. The van der Waals surface area contributed by atoms with Crippen LogP contribution in [0.3, 0.4) is 0 Å². The zero-order chi connectivity index (χ0) is 27.7. The SMILES string of the molecule is CCn1ncc(-c2cc(C(=O)Nc3cc(OC)cc(S(=O)(=O)c4ccc(Cl)cc4)c3)c3ccccc3n2)c1C. The number of aryl methyl sites for hydroxylation is 1. The Labute approximate surface area is 231 Å². The molecule has 1 amide bonds. The summed E-state index contributed by atoms with van der Waals surface area (Å²) in [4.78, 5) is 18.5. The van der Waals surface area contributed by atoms with E-state index >= 15 is 0 Å². The van der Waals surface area contributed by atoms with Crippen molar-refractivity contribution in [1.29, 1.82) is 0 Å². The van der Waals surface area contributed by atoms with Gasteiger partial charge < -0.3 is 10.1 Å². The average molecular weight is 561 g/mol. The average Bonchev–Trinajstić information content (AvgIpc) is 3.32. The molecule has 10 heteroatoms. The van der Waals surface area contributed by atoms with E-state index in [9.17, 15) is 13.2 Å². The Morgan fingerprint density at radius 1 is 1.03 bits per heavy atom. The van der Waals surface area contributed by atoms with Crippen LogP contribution in [0.2, 0.25) is 5.02 Å². The minimum Gasteiger partial charge on any atom is -0.497 e. The standard InChI is InChI=1S/C29H25ClN4O4S/c1-4-34-18(2)26(17-31-34)28-16-25(24-7-5-6-8-27(24)33-28)29(35)32-20-13-21(38-3)15-23(14-20)39(36,37)22-11-9-19(30)10-12-22/h5-17H,4H2,1-3H3,(H,32,35). The highest BCUT2D eigenvalue weighted by molar-refractivity contribution is 7.91. The number of ether oxygens (including phenoxy) is 1. The van der Waals surface area contributed by atoms with Gasteiger partial charge in [-0.3, -0.25) is 9.48 Å². The maximum Gasteiger partial charge on any atom is 0.256 e. The summed E-state index contributed by atoms with van der Waals surface area (Å²) in [5.41, 5.74) is 3.70. The largest absolute Gasteiger partial charge is 0.497 e. The van der Waals surface area contributed by atoms with Crippen LogP contribution in [0, 0.1) is 6.92 Å². The van der Waals surface area contributed by atoms with Gasteiger partial charge in [0.2, 0.25) is 9.84 Å². The Kier molecular flexibility index (Phi) is 7.12. The zero-order valence-electron chi connectivity index (χ0n) is 21.5. The number of carbonyl (C=O) groups excluding carboxylic acids is 1. The van der Waals surface area contributed by atoms with E-state index in [1.807, 2.05) is 42.8 Å². The summed E-state index contributed by atoms with van der Waals surface area (Å²) in [5, 5.41) is 8.36. The monoisotopic (exact) mass is 560 g/mol. The van der Waals surface area contributed by atoms with Crippen molar-refractivity contribution in [2.45, 2.75) is 30.2 Å². The van der Waals surface area contributed by atoms with Crippen molar-refractivity contribution in [3.05, 3.63) is 95.3 Å². The molecule has 0 spiro atoms. The van der Waals surface area contributed by atoms with Crippen LogP contribution in [-0.4, -0.2) is 36.2 Å². The maximum absolute atomic E-state index is 13.7. The first kappa shape index (κ1) is 26.4. The summed E-state index contributed by atoms with van der Waals surface area (Å²) in [6, 6.07) is 19.4. The minimum atomic E-state index is -3.90. The van der Waals surface area contributed by atoms with Crippen LogP contribution in [0.15, 0.2) is 88.8 Å². The summed E-state index contributed by atoms with van der Waals surface area (Å²) in [6.07, 6.45) is 1.74. The van der Waals surface area contributed by atoms with Gasteiger partial charge in [-0.2, -0.15) is 5.10 Å². The summed E-state index contributed by atoms with van der Waals surface area (Å²) >= 11 is 5.93. The number of methoxy groups -OCH3 is 1. The lowest BCUT2D eigenvalue weighted by molar-refractivity contribution is 0.102. The van der Waals surface area contributed by atoms with Crippen molar-refractivity contribution in [3.8, 4) is 17.0 Å². The van der Waals surface area contributed by atoms with Gasteiger partial charge in [-0.15, -0.1) is 0 Å². The quantitative estimate of drug-likeness (QED) is 0.255. The molecule has 2 heterocycles. The number of rotatable bonds is 7. The highest BCUT2D eigenvalue weighted by Gasteiger charge is 2.21. The highest BCUT2D eigenvalue weighted by Crippen LogP contribution is 2.31. The molecule has 0 saturated heterocycles. The van der Waals surface area contributed by atoms with Gasteiger partial charge in [0.05, 0.1) is 39.9 Å². The van der Waals surface area contributed by atoms with Crippen LogP contribution < -0.4 is 10.1 Å². The molecule has 0 unspecified atom stereocenters. The molecule has 0 bridgehead atoms. The van der Waals surface area contributed by atoms with Crippen molar-refractivity contribution in [1.82, 2.24) is 14.8 Å². The van der Waals surface area contributed by atoms with Crippen molar-refractivity contribution in [3.63, 3.8) is 0 Å². The third kappa shape index (κ3) is 5.10. The second-order valence-corrected chi connectivity index (χ2v) is 11.2. The van der Waals surface area contributed by atoms with Crippen LogP contribution in [-0.2, 0) is 16.4 Å². The number of aromatic nitrogens is 3. The number of hydrogen-bond acceptors (Lipinski definition) is 6. The van der Waals surface area contributed by atoms with E-state index < -0.39 is 15.7 Å². The first-order chi connectivity index (χ1) is 18.7. The first-order valence-electron chi connectivity index (χ1n) is 12.1. The highest BCUT2D eigenvalue weighted by atomic mass is 35.5. The van der Waals surface area contributed by atoms with Crippen LogP contribution >= 0.6 is 11.6 Å². The number of pyridine rings is 1. The molecule has 2 aromatic heterocycles. The normalized spacial score (nSPS) is 11.5. The van der Waals surface area contributed by atoms with Gasteiger partial charge >= 0.3 is 0 Å². The van der Waals surface area contributed by atoms with Gasteiger partial charge in [-0.05, 0) is 62.4 Å². The second-order valence-electron chi connectivity index (χ2n) is 8.84. The molecule has 5 rings (SSSR count). The number of fused-ring (bicyclic) bond motifs is 1. The minimum absolute atomic E-state index is 0.0256. The molecule has 0 fully saturated rings. The van der Waals surface area contributed by atoms with Crippen LogP contribution in [0.1, 0.15) is 23.0 Å². The molecule has 5 aromatic rings. The Morgan fingerprint density at radius 3 is 2.46 bits per heavy atom. The van der Waals surface area contributed by atoms with Gasteiger partial charge in [0.15, 0.2) is 0 Å². The fraction of sp³-hybridized carbons (Fsp3) is 0.138. The van der Waals surface area contributed by atoms with E-state index in [-0.39, 0.29) is 21.2 Å².